The molecule has 29 heavy (non-hydrogen) atoms. The smallest absolute Gasteiger partial charge is 0.308 e. The molecule has 0 aromatic heterocycles. The van der Waals surface area contributed by atoms with Gasteiger partial charge in [0.2, 0.25) is 0 Å². The highest BCUT2D eigenvalue weighted by molar-refractivity contribution is 5.87. The number of nitrogens with zero attached hydrogens (tertiary/aromatic N) is 1. The van der Waals surface area contributed by atoms with E-state index in [0.717, 1.165) is 42.5 Å². The molecule has 0 unspecified atom stereocenters. The standard InChI is InChI=1S/C24H27NO4/c1-5-8-19-17-9-7-10-18-22-16(13-20(23(17)18)25(19)6-2)11-12-21(28-14(3)26)24(22)29-15(4)27/h7,9-12,19-20H,5-6,8,13H2,1-4H3/t19-,20+/m0/s1. The summed E-state index contributed by atoms with van der Waals surface area (Å²) in [5.41, 5.74) is 5.76. The molecule has 1 heterocycles. The largest absolute Gasteiger partial charge is 0.423 e. The second kappa shape index (κ2) is 7.64. The number of fused-ring (bicyclic) bond motifs is 2. The Bertz CT molecular complexity index is 981. The van der Waals surface area contributed by atoms with Gasteiger partial charge in [-0.1, -0.05) is 44.5 Å². The molecule has 0 bridgehead atoms. The molecule has 2 aromatic rings. The van der Waals surface area contributed by atoms with Gasteiger partial charge in [-0.2, -0.15) is 0 Å². The first kappa shape index (κ1) is 19.6. The second-order valence-corrected chi connectivity index (χ2v) is 7.78. The van der Waals surface area contributed by atoms with Crippen molar-refractivity contribution in [1.82, 2.24) is 4.90 Å². The Morgan fingerprint density at radius 2 is 1.83 bits per heavy atom. The molecular formula is C24H27NO4. The maximum Gasteiger partial charge on any atom is 0.308 e. The van der Waals surface area contributed by atoms with Gasteiger partial charge in [0.15, 0.2) is 11.5 Å². The van der Waals surface area contributed by atoms with E-state index in [1.54, 1.807) is 6.07 Å². The number of esters is 2. The molecule has 2 atom stereocenters. The number of rotatable bonds is 5. The summed E-state index contributed by atoms with van der Waals surface area (Å²) in [5.74, 6) is -0.233. The fraction of sp³-hybridized carbons (Fsp3) is 0.417. The second-order valence-electron chi connectivity index (χ2n) is 7.78. The summed E-state index contributed by atoms with van der Waals surface area (Å²) in [6.45, 7) is 8.15. The molecule has 0 saturated heterocycles. The van der Waals surface area contributed by atoms with Crippen LogP contribution in [-0.4, -0.2) is 23.4 Å². The Morgan fingerprint density at radius 1 is 1.07 bits per heavy atom. The Balaban J connectivity index is 1.94. The van der Waals surface area contributed by atoms with Crippen LogP contribution in [0.4, 0.5) is 0 Å². The molecule has 0 fully saturated rings. The molecule has 0 saturated carbocycles. The van der Waals surface area contributed by atoms with Gasteiger partial charge in [-0.15, -0.1) is 0 Å². The van der Waals surface area contributed by atoms with Crippen LogP contribution in [0.15, 0.2) is 30.3 Å². The number of hydrogen-bond donors (Lipinski definition) is 0. The number of hydrogen-bond acceptors (Lipinski definition) is 5. The number of carbonyl (C=O) groups is 2. The molecule has 1 aliphatic carbocycles. The predicted molar refractivity (Wildman–Crippen MR) is 111 cm³/mol. The predicted octanol–water partition coefficient (Wildman–Crippen LogP) is 4.98. The lowest BCUT2D eigenvalue weighted by Crippen LogP contribution is -2.28. The first-order valence-electron chi connectivity index (χ1n) is 10.4. The first-order valence-corrected chi connectivity index (χ1v) is 10.4. The van der Waals surface area contributed by atoms with Gasteiger partial charge in [-0.3, -0.25) is 14.5 Å². The summed E-state index contributed by atoms with van der Waals surface area (Å²) in [7, 11) is 0. The molecule has 0 radical (unpaired) electrons. The SMILES string of the molecule is CCC[C@H]1c2cccc3c2[C@@H](Cc2ccc(OC(C)=O)c(OC(C)=O)c2-3)N1CC. The first-order chi connectivity index (χ1) is 14.0. The van der Waals surface area contributed by atoms with Gasteiger partial charge in [0.25, 0.3) is 0 Å². The van der Waals surface area contributed by atoms with Crippen molar-refractivity contribution in [2.24, 2.45) is 0 Å². The Labute approximate surface area is 171 Å². The van der Waals surface area contributed by atoms with Crippen molar-refractivity contribution in [1.29, 1.82) is 0 Å². The number of likely N-dealkylation sites (N-methyl/N-ethyl adjacent to an activating group) is 1. The van der Waals surface area contributed by atoms with Gasteiger partial charge in [-0.25, -0.2) is 0 Å². The molecule has 0 N–H and O–H groups in total. The minimum Gasteiger partial charge on any atom is -0.423 e. The third-order valence-corrected chi connectivity index (χ3v) is 5.95. The van der Waals surface area contributed by atoms with E-state index in [1.165, 1.54) is 25.0 Å². The van der Waals surface area contributed by atoms with Crippen molar-refractivity contribution in [2.75, 3.05) is 6.54 Å². The van der Waals surface area contributed by atoms with Crippen molar-refractivity contribution in [3.05, 3.63) is 47.0 Å². The van der Waals surface area contributed by atoms with Crippen molar-refractivity contribution in [2.45, 2.75) is 59.0 Å². The highest BCUT2D eigenvalue weighted by Crippen LogP contribution is 2.55. The molecular weight excluding hydrogens is 366 g/mol. The Kier molecular flexibility index (Phi) is 5.17. The van der Waals surface area contributed by atoms with Crippen LogP contribution in [0.1, 0.15) is 69.3 Å². The fourth-order valence-corrected chi connectivity index (χ4v) is 5.04. The van der Waals surface area contributed by atoms with E-state index in [-0.39, 0.29) is 5.75 Å². The number of benzene rings is 2. The van der Waals surface area contributed by atoms with Crippen molar-refractivity contribution in [3.63, 3.8) is 0 Å². The number of ether oxygens (including phenoxy) is 2. The van der Waals surface area contributed by atoms with Gasteiger partial charge in [0.1, 0.15) is 0 Å². The molecule has 2 aromatic carbocycles. The summed E-state index contributed by atoms with van der Waals surface area (Å²) in [4.78, 5) is 26.1. The molecule has 2 aliphatic rings. The van der Waals surface area contributed by atoms with E-state index in [4.69, 9.17) is 9.47 Å². The zero-order valence-corrected chi connectivity index (χ0v) is 17.5. The minimum absolute atomic E-state index is 0.290. The summed E-state index contributed by atoms with van der Waals surface area (Å²) >= 11 is 0. The molecule has 0 amide bonds. The molecule has 1 aliphatic heterocycles. The van der Waals surface area contributed by atoms with Gasteiger partial charge >= 0.3 is 11.9 Å². The minimum atomic E-state index is -0.439. The van der Waals surface area contributed by atoms with Crippen molar-refractivity contribution >= 4 is 11.9 Å². The summed E-state index contributed by atoms with van der Waals surface area (Å²) in [6, 6.07) is 10.9. The fourth-order valence-electron chi connectivity index (χ4n) is 5.04. The van der Waals surface area contributed by atoms with Crippen LogP contribution in [0.2, 0.25) is 0 Å². The van der Waals surface area contributed by atoms with Crippen LogP contribution in [-0.2, 0) is 16.0 Å². The van der Waals surface area contributed by atoms with E-state index in [1.807, 2.05) is 6.07 Å². The molecule has 4 rings (SSSR count). The lowest BCUT2D eigenvalue weighted by atomic mass is 9.81. The van der Waals surface area contributed by atoms with Gasteiger partial charge in [0, 0.05) is 31.5 Å². The van der Waals surface area contributed by atoms with Crippen molar-refractivity contribution < 1.29 is 19.1 Å². The molecule has 152 valence electrons. The third kappa shape index (κ3) is 3.23. The van der Waals surface area contributed by atoms with Gasteiger partial charge in [-0.05, 0) is 47.7 Å². The lowest BCUT2D eigenvalue weighted by molar-refractivity contribution is -0.134. The van der Waals surface area contributed by atoms with E-state index >= 15 is 0 Å². The van der Waals surface area contributed by atoms with Gasteiger partial charge < -0.3 is 9.47 Å². The Morgan fingerprint density at radius 3 is 2.48 bits per heavy atom. The van der Waals surface area contributed by atoms with Crippen molar-refractivity contribution in [3.8, 4) is 22.6 Å². The van der Waals surface area contributed by atoms with Crippen LogP contribution < -0.4 is 9.47 Å². The third-order valence-electron chi connectivity index (χ3n) is 5.95. The summed E-state index contributed by atoms with van der Waals surface area (Å²) in [5, 5.41) is 0. The average molecular weight is 393 g/mol. The maximum absolute atomic E-state index is 11.9. The van der Waals surface area contributed by atoms with E-state index in [0.29, 0.717) is 17.8 Å². The monoisotopic (exact) mass is 393 g/mol. The number of carbonyl (C=O) groups excluding carboxylic acids is 2. The lowest BCUT2D eigenvalue weighted by Gasteiger charge is -2.33. The zero-order chi connectivity index (χ0) is 20.7. The van der Waals surface area contributed by atoms with E-state index < -0.39 is 11.9 Å². The average Bonchev–Trinajstić information content (AvgIpc) is 2.97. The van der Waals surface area contributed by atoms with Crippen LogP contribution in [0.3, 0.4) is 0 Å². The molecule has 0 spiro atoms. The van der Waals surface area contributed by atoms with Crippen LogP contribution in [0, 0.1) is 0 Å². The normalized spacial score (nSPS) is 19.4. The van der Waals surface area contributed by atoms with Crippen LogP contribution in [0.25, 0.3) is 11.1 Å². The molecule has 5 nitrogen and oxygen atoms in total. The molecule has 5 heteroatoms. The highest BCUT2D eigenvalue weighted by atomic mass is 16.6. The van der Waals surface area contributed by atoms with Crippen LogP contribution in [0.5, 0.6) is 11.5 Å². The Hall–Kier alpha value is -2.66. The van der Waals surface area contributed by atoms with Gasteiger partial charge in [0.05, 0.1) is 0 Å². The highest BCUT2D eigenvalue weighted by Gasteiger charge is 2.42. The van der Waals surface area contributed by atoms with E-state index in [9.17, 15) is 9.59 Å². The maximum atomic E-state index is 11.9. The topological polar surface area (TPSA) is 55.8 Å². The zero-order valence-electron chi connectivity index (χ0n) is 17.5. The summed E-state index contributed by atoms with van der Waals surface area (Å²) in [6.07, 6.45) is 3.09. The quantitative estimate of drug-likeness (QED) is 0.530. The summed E-state index contributed by atoms with van der Waals surface area (Å²) < 4.78 is 11.0. The van der Waals surface area contributed by atoms with Crippen LogP contribution >= 0.6 is 0 Å². The van der Waals surface area contributed by atoms with E-state index in [2.05, 4.69) is 36.9 Å².